The van der Waals surface area contributed by atoms with E-state index in [0.29, 0.717) is 0 Å². The van der Waals surface area contributed by atoms with Crippen LogP contribution in [0.3, 0.4) is 0 Å². The molecule has 0 saturated heterocycles. The Morgan fingerprint density at radius 2 is 1.38 bits per heavy atom. The summed E-state index contributed by atoms with van der Waals surface area (Å²) in [6, 6.07) is 1.42. The highest BCUT2D eigenvalue weighted by Crippen LogP contribution is 2.15. The van der Waals surface area contributed by atoms with Crippen molar-refractivity contribution in [3.63, 3.8) is 0 Å². The molecule has 150 valence electrons. The molecular formula is C22H38FNO2. The van der Waals surface area contributed by atoms with Crippen LogP contribution in [0.15, 0.2) is 6.07 Å². The number of carbonyl (C=O) groups excluding carboxylic acids is 1. The molecule has 0 radical (unpaired) electrons. The van der Waals surface area contributed by atoms with Gasteiger partial charge in [-0.25, -0.2) is 9.18 Å². The molecule has 1 rings (SSSR count). The summed E-state index contributed by atoms with van der Waals surface area (Å²) >= 11 is 0. The van der Waals surface area contributed by atoms with Crippen LogP contribution in [0.4, 0.5) is 4.39 Å². The van der Waals surface area contributed by atoms with Gasteiger partial charge in [-0.05, 0) is 25.8 Å². The average Bonchev–Trinajstić information content (AvgIpc) is 3.00. The number of ether oxygens (including phenoxy) is 1. The van der Waals surface area contributed by atoms with E-state index >= 15 is 0 Å². The van der Waals surface area contributed by atoms with Crippen LogP contribution in [-0.2, 0) is 11.2 Å². The molecule has 0 aromatic carbocycles. The van der Waals surface area contributed by atoms with Crippen LogP contribution in [-0.4, -0.2) is 17.6 Å². The zero-order chi connectivity index (χ0) is 19.0. The number of aromatic nitrogens is 1. The van der Waals surface area contributed by atoms with Crippen molar-refractivity contribution < 1.29 is 13.9 Å². The standard InChI is InChI=1S/C22H38FNO2/c1-3-5-6-7-8-9-10-11-12-13-14-15-16-17-19-18-20(23)21(24-19)22(25)26-4-2/h18,24H,3-17H2,1-2H3. The van der Waals surface area contributed by atoms with E-state index in [-0.39, 0.29) is 12.3 Å². The maximum atomic E-state index is 13.7. The maximum Gasteiger partial charge on any atom is 0.357 e. The zero-order valence-corrected chi connectivity index (χ0v) is 16.9. The Kier molecular flexibility index (Phi) is 12.9. The number of unbranched alkanes of at least 4 members (excludes halogenated alkanes) is 12. The van der Waals surface area contributed by atoms with Gasteiger partial charge in [-0.15, -0.1) is 0 Å². The molecule has 0 atom stereocenters. The van der Waals surface area contributed by atoms with Gasteiger partial charge in [0.05, 0.1) is 6.61 Å². The van der Waals surface area contributed by atoms with Crippen LogP contribution < -0.4 is 0 Å². The summed E-state index contributed by atoms with van der Waals surface area (Å²) in [5, 5.41) is 0. The highest BCUT2D eigenvalue weighted by atomic mass is 19.1. The van der Waals surface area contributed by atoms with Crippen LogP contribution in [0.25, 0.3) is 0 Å². The van der Waals surface area contributed by atoms with E-state index in [1.165, 1.54) is 76.7 Å². The average molecular weight is 368 g/mol. The first-order valence-electron chi connectivity index (χ1n) is 10.7. The van der Waals surface area contributed by atoms with Gasteiger partial charge in [-0.3, -0.25) is 0 Å². The Bertz CT molecular complexity index is 484. The number of aryl methyl sites for hydroxylation is 1. The Morgan fingerprint density at radius 3 is 1.88 bits per heavy atom. The maximum absolute atomic E-state index is 13.7. The van der Waals surface area contributed by atoms with Gasteiger partial charge in [0.2, 0.25) is 0 Å². The fourth-order valence-corrected chi connectivity index (χ4v) is 3.30. The molecular weight excluding hydrogens is 329 g/mol. The minimum absolute atomic E-state index is 0.0449. The van der Waals surface area contributed by atoms with Gasteiger partial charge >= 0.3 is 5.97 Å². The van der Waals surface area contributed by atoms with Crippen LogP contribution in [0, 0.1) is 5.82 Å². The molecule has 0 aliphatic heterocycles. The molecule has 0 aliphatic carbocycles. The third-order valence-corrected chi connectivity index (χ3v) is 4.85. The zero-order valence-electron chi connectivity index (χ0n) is 16.9. The quantitative estimate of drug-likeness (QED) is 0.253. The summed E-state index contributed by atoms with van der Waals surface area (Å²) in [5.41, 5.74) is 0.741. The molecule has 0 amide bonds. The monoisotopic (exact) mass is 367 g/mol. The number of aromatic amines is 1. The van der Waals surface area contributed by atoms with Crippen molar-refractivity contribution in [1.82, 2.24) is 4.98 Å². The van der Waals surface area contributed by atoms with E-state index in [2.05, 4.69) is 11.9 Å². The van der Waals surface area contributed by atoms with Crippen molar-refractivity contribution >= 4 is 5.97 Å². The largest absolute Gasteiger partial charge is 0.461 e. The summed E-state index contributed by atoms with van der Waals surface area (Å²) in [6.45, 7) is 4.23. The van der Waals surface area contributed by atoms with E-state index < -0.39 is 11.8 Å². The fourth-order valence-electron chi connectivity index (χ4n) is 3.30. The van der Waals surface area contributed by atoms with E-state index in [4.69, 9.17) is 4.74 Å². The minimum Gasteiger partial charge on any atom is -0.461 e. The van der Waals surface area contributed by atoms with E-state index in [1.807, 2.05) is 0 Å². The molecule has 3 nitrogen and oxygen atoms in total. The van der Waals surface area contributed by atoms with E-state index in [9.17, 15) is 9.18 Å². The molecule has 26 heavy (non-hydrogen) atoms. The first-order valence-corrected chi connectivity index (χ1v) is 10.7. The lowest BCUT2D eigenvalue weighted by Crippen LogP contribution is -2.07. The second kappa shape index (κ2) is 14.8. The third kappa shape index (κ3) is 9.98. The number of hydrogen-bond donors (Lipinski definition) is 1. The molecule has 1 heterocycles. The Hall–Kier alpha value is -1.32. The molecule has 4 heteroatoms. The summed E-state index contributed by atoms with van der Waals surface area (Å²) in [4.78, 5) is 14.4. The van der Waals surface area contributed by atoms with Gasteiger partial charge in [0.1, 0.15) is 0 Å². The lowest BCUT2D eigenvalue weighted by molar-refractivity contribution is 0.0514. The molecule has 0 bridgehead atoms. The summed E-state index contributed by atoms with van der Waals surface area (Å²) in [5.74, 6) is -1.12. The van der Waals surface area contributed by atoms with Crippen molar-refractivity contribution in [2.45, 2.75) is 104 Å². The van der Waals surface area contributed by atoms with Gasteiger partial charge in [0, 0.05) is 5.69 Å². The number of esters is 1. The Labute approximate surface area is 159 Å². The molecule has 1 N–H and O–H groups in total. The Balaban J connectivity index is 1.98. The summed E-state index contributed by atoms with van der Waals surface area (Å²) in [6.07, 6.45) is 17.9. The number of halogens is 1. The molecule has 0 saturated carbocycles. The number of H-pyrrole nitrogens is 1. The van der Waals surface area contributed by atoms with Crippen LogP contribution >= 0.6 is 0 Å². The number of rotatable bonds is 16. The van der Waals surface area contributed by atoms with Gasteiger partial charge in [-0.2, -0.15) is 0 Å². The Morgan fingerprint density at radius 1 is 0.885 bits per heavy atom. The molecule has 0 spiro atoms. The van der Waals surface area contributed by atoms with Crippen molar-refractivity contribution in [2.24, 2.45) is 0 Å². The lowest BCUT2D eigenvalue weighted by Gasteiger charge is -2.03. The fraction of sp³-hybridized carbons (Fsp3) is 0.773. The molecule has 0 unspecified atom stereocenters. The van der Waals surface area contributed by atoms with Crippen LogP contribution in [0.5, 0.6) is 0 Å². The molecule has 0 fully saturated rings. The summed E-state index contributed by atoms with van der Waals surface area (Å²) < 4.78 is 18.6. The molecule has 1 aromatic rings. The molecule has 1 aromatic heterocycles. The topological polar surface area (TPSA) is 42.1 Å². The predicted molar refractivity (Wildman–Crippen MR) is 106 cm³/mol. The normalized spacial score (nSPS) is 11.0. The lowest BCUT2D eigenvalue weighted by atomic mass is 10.0. The van der Waals surface area contributed by atoms with Gasteiger partial charge in [0.25, 0.3) is 0 Å². The highest BCUT2D eigenvalue weighted by Gasteiger charge is 2.16. The number of nitrogens with one attached hydrogen (secondary N) is 1. The second-order valence-electron chi connectivity index (χ2n) is 7.23. The van der Waals surface area contributed by atoms with Crippen molar-refractivity contribution in [2.75, 3.05) is 6.61 Å². The van der Waals surface area contributed by atoms with Crippen LogP contribution in [0.1, 0.15) is 114 Å². The first-order chi connectivity index (χ1) is 12.7. The number of carbonyl (C=O) groups is 1. The number of hydrogen-bond acceptors (Lipinski definition) is 2. The minimum atomic E-state index is -0.610. The smallest absolute Gasteiger partial charge is 0.357 e. The highest BCUT2D eigenvalue weighted by molar-refractivity contribution is 5.87. The summed E-state index contributed by atoms with van der Waals surface area (Å²) in [7, 11) is 0. The van der Waals surface area contributed by atoms with Crippen molar-refractivity contribution in [3.05, 3.63) is 23.3 Å². The van der Waals surface area contributed by atoms with Crippen molar-refractivity contribution in [3.8, 4) is 0 Å². The van der Waals surface area contributed by atoms with Crippen molar-refractivity contribution in [1.29, 1.82) is 0 Å². The first kappa shape index (κ1) is 22.7. The van der Waals surface area contributed by atoms with Crippen LogP contribution in [0.2, 0.25) is 0 Å². The van der Waals surface area contributed by atoms with Gasteiger partial charge in [0.15, 0.2) is 11.5 Å². The second-order valence-corrected chi connectivity index (χ2v) is 7.23. The van der Waals surface area contributed by atoms with Gasteiger partial charge < -0.3 is 9.72 Å². The third-order valence-electron chi connectivity index (χ3n) is 4.85. The van der Waals surface area contributed by atoms with Gasteiger partial charge in [-0.1, -0.05) is 84.0 Å². The van der Waals surface area contributed by atoms with E-state index in [1.54, 1.807) is 6.92 Å². The molecule has 0 aliphatic rings. The van der Waals surface area contributed by atoms with E-state index in [0.717, 1.165) is 25.0 Å². The SMILES string of the molecule is CCCCCCCCCCCCCCCc1cc(F)c(C(=O)OCC)[nH]1. The predicted octanol–water partition coefficient (Wildman–Crippen LogP) is 6.96.